The maximum atomic E-state index is 5.45. The largest absolute Gasteiger partial charge is 0.379 e. The Hall–Kier alpha value is -0.870. The summed E-state index contributed by atoms with van der Waals surface area (Å²) in [6, 6.07) is 0.315. The van der Waals surface area contributed by atoms with Crippen LogP contribution in [-0.4, -0.2) is 29.2 Å². The summed E-state index contributed by atoms with van der Waals surface area (Å²) in [6.45, 7) is 5.23. The molecule has 0 spiro atoms. The topological polar surface area (TPSA) is 49.9 Å². The fourth-order valence-corrected chi connectivity index (χ4v) is 2.04. The van der Waals surface area contributed by atoms with E-state index in [-0.39, 0.29) is 5.60 Å². The number of methoxy groups -OCH3 is 1. The third-order valence-electron chi connectivity index (χ3n) is 3.10. The van der Waals surface area contributed by atoms with E-state index < -0.39 is 0 Å². The third kappa shape index (κ3) is 2.21. The van der Waals surface area contributed by atoms with Gasteiger partial charge in [-0.1, -0.05) is 0 Å². The van der Waals surface area contributed by atoms with Gasteiger partial charge in [-0.15, -0.1) is 0 Å². The van der Waals surface area contributed by atoms with E-state index in [9.17, 15) is 0 Å². The second kappa shape index (κ2) is 3.94. The van der Waals surface area contributed by atoms with Crippen LogP contribution in [0.4, 0.5) is 0 Å². The molecule has 0 fully saturated rings. The Labute approximate surface area is 90.4 Å². The molecule has 2 N–H and O–H groups in total. The van der Waals surface area contributed by atoms with Crippen LogP contribution >= 0.6 is 0 Å². The third-order valence-corrected chi connectivity index (χ3v) is 3.10. The fourth-order valence-electron chi connectivity index (χ4n) is 2.04. The van der Waals surface area contributed by atoms with Gasteiger partial charge in [-0.3, -0.25) is 0 Å². The summed E-state index contributed by atoms with van der Waals surface area (Å²) in [7, 11) is 1.76. The molecule has 4 nitrogen and oxygen atoms in total. The van der Waals surface area contributed by atoms with Crippen molar-refractivity contribution in [3.05, 3.63) is 17.7 Å². The Morgan fingerprint density at radius 2 is 2.40 bits per heavy atom. The molecular formula is C11H19N3O. The number of hydrogen-bond acceptors (Lipinski definition) is 3. The summed E-state index contributed by atoms with van der Waals surface area (Å²) in [5.41, 5.74) is 2.32. The number of hydrogen-bond donors (Lipinski definition) is 2. The lowest BCUT2D eigenvalue weighted by Crippen LogP contribution is -2.36. The van der Waals surface area contributed by atoms with Crippen LogP contribution in [0.25, 0.3) is 0 Å². The van der Waals surface area contributed by atoms with Crippen LogP contribution < -0.4 is 5.32 Å². The van der Waals surface area contributed by atoms with Gasteiger partial charge in [0.2, 0.25) is 0 Å². The first kappa shape index (κ1) is 10.6. The molecule has 1 aromatic rings. The smallest absolute Gasteiger partial charge is 0.0925 e. The Morgan fingerprint density at radius 1 is 1.60 bits per heavy atom. The zero-order chi connectivity index (χ0) is 10.9. The quantitative estimate of drug-likeness (QED) is 0.791. The van der Waals surface area contributed by atoms with Crippen molar-refractivity contribution in [2.75, 3.05) is 13.7 Å². The maximum absolute atomic E-state index is 5.45. The molecule has 1 unspecified atom stereocenters. The molecule has 1 aromatic heterocycles. The summed E-state index contributed by atoms with van der Waals surface area (Å²) in [5, 5.41) is 3.49. The monoisotopic (exact) mass is 209 g/mol. The molecule has 2 heterocycles. The highest BCUT2D eigenvalue weighted by Crippen LogP contribution is 2.28. The second-order valence-electron chi connectivity index (χ2n) is 4.69. The van der Waals surface area contributed by atoms with Crippen LogP contribution in [0, 0.1) is 0 Å². The first-order valence-corrected chi connectivity index (χ1v) is 5.43. The first-order valence-electron chi connectivity index (χ1n) is 5.43. The predicted octanol–water partition coefficient (Wildman–Crippen LogP) is 1.41. The minimum atomic E-state index is -0.106. The molecule has 4 heteroatoms. The fraction of sp³-hybridized carbons (Fsp3) is 0.727. The van der Waals surface area contributed by atoms with Gasteiger partial charge in [0.15, 0.2) is 0 Å². The summed E-state index contributed by atoms with van der Waals surface area (Å²) in [6.07, 6.45) is 3.77. The van der Waals surface area contributed by atoms with Crippen molar-refractivity contribution in [2.24, 2.45) is 0 Å². The molecule has 2 rings (SSSR count). The van der Waals surface area contributed by atoms with Crippen LogP contribution in [0.3, 0.4) is 0 Å². The van der Waals surface area contributed by atoms with E-state index in [0.29, 0.717) is 6.04 Å². The first-order chi connectivity index (χ1) is 7.12. The van der Waals surface area contributed by atoms with E-state index in [4.69, 9.17) is 4.74 Å². The van der Waals surface area contributed by atoms with Gasteiger partial charge in [-0.25, -0.2) is 4.98 Å². The molecule has 0 aliphatic carbocycles. The number of H-pyrrole nitrogens is 1. The van der Waals surface area contributed by atoms with E-state index >= 15 is 0 Å². The van der Waals surface area contributed by atoms with Gasteiger partial charge in [0, 0.05) is 25.8 Å². The lowest BCUT2D eigenvalue weighted by molar-refractivity contribution is 0.00598. The Bertz CT molecular complexity index is 332. The van der Waals surface area contributed by atoms with Gasteiger partial charge in [0.25, 0.3) is 0 Å². The number of ether oxygens (including phenoxy) is 1. The van der Waals surface area contributed by atoms with E-state index in [1.165, 1.54) is 5.69 Å². The van der Waals surface area contributed by atoms with E-state index in [2.05, 4.69) is 29.1 Å². The molecule has 0 bridgehead atoms. The number of nitrogens with one attached hydrogen (secondary N) is 2. The highest BCUT2D eigenvalue weighted by atomic mass is 16.5. The van der Waals surface area contributed by atoms with Gasteiger partial charge in [0.05, 0.1) is 23.7 Å². The molecular weight excluding hydrogens is 190 g/mol. The van der Waals surface area contributed by atoms with Crippen molar-refractivity contribution in [2.45, 2.75) is 38.3 Å². The summed E-state index contributed by atoms with van der Waals surface area (Å²) in [4.78, 5) is 7.58. The number of fused-ring (bicyclic) bond motifs is 1. The van der Waals surface area contributed by atoms with Crippen molar-refractivity contribution in [1.29, 1.82) is 0 Å². The van der Waals surface area contributed by atoms with Crippen molar-refractivity contribution in [3.8, 4) is 0 Å². The molecule has 1 aliphatic rings. The molecule has 84 valence electrons. The summed E-state index contributed by atoms with van der Waals surface area (Å²) in [5.74, 6) is 0. The number of aromatic amines is 1. The van der Waals surface area contributed by atoms with Crippen molar-refractivity contribution < 1.29 is 4.74 Å². The van der Waals surface area contributed by atoms with Gasteiger partial charge in [0.1, 0.15) is 0 Å². The van der Waals surface area contributed by atoms with Gasteiger partial charge in [-0.2, -0.15) is 0 Å². The lowest BCUT2D eigenvalue weighted by Gasteiger charge is -2.31. The second-order valence-corrected chi connectivity index (χ2v) is 4.69. The molecule has 0 amide bonds. The van der Waals surface area contributed by atoms with Crippen LogP contribution in [0.5, 0.6) is 0 Å². The van der Waals surface area contributed by atoms with Crippen LogP contribution in [-0.2, 0) is 11.2 Å². The van der Waals surface area contributed by atoms with Crippen molar-refractivity contribution in [1.82, 2.24) is 15.3 Å². The lowest BCUT2D eigenvalue weighted by atomic mass is 9.93. The molecule has 1 aliphatic heterocycles. The summed E-state index contributed by atoms with van der Waals surface area (Å²) < 4.78 is 5.45. The number of nitrogens with zero attached hydrogens (tertiary/aromatic N) is 1. The summed E-state index contributed by atoms with van der Waals surface area (Å²) >= 11 is 0. The molecule has 15 heavy (non-hydrogen) atoms. The minimum Gasteiger partial charge on any atom is -0.379 e. The average molecular weight is 209 g/mol. The standard InChI is InChI=1S/C11H19N3O/c1-11(2,15-3)6-9-10-8(4-5-12-9)13-7-14-10/h7,9,12H,4-6H2,1-3H3,(H,13,14). The number of aromatic nitrogens is 2. The highest BCUT2D eigenvalue weighted by molar-refractivity contribution is 5.19. The highest BCUT2D eigenvalue weighted by Gasteiger charge is 2.28. The SMILES string of the molecule is COC(C)(C)CC1NCCc2[nH]cnc21. The zero-order valence-corrected chi connectivity index (χ0v) is 9.63. The number of imidazole rings is 1. The van der Waals surface area contributed by atoms with E-state index in [1.54, 1.807) is 13.4 Å². The normalized spacial score (nSPS) is 21.4. The molecule has 0 aromatic carbocycles. The van der Waals surface area contributed by atoms with Crippen LogP contribution in [0.1, 0.15) is 37.7 Å². The average Bonchev–Trinajstić information content (AvgIpc) is 2.66. The molecule has 0 radical (unpaired) electrons. The molecule has 0 saturated carbocycles. The van der Waals surface area contributed by atoms with Crippen molar-refractivity contribution in [3.63, 3.8) is 0 Å². The van der Waals surface area contributed by atoms with Crippen molar-refractivity contribution >= 4 is 0 Å². The Morgan fingerprint density at radius 3 is 3.13 bits per heavy atom. The van der Waals surface area contributed by atoms with E-state index in [1.807, 2.05) is 0 Å². The Kier molecular flexibility index (Phi) is 2.80. The van der Waals surface area contributed by atoms with E-state index in [0.717, 1.165) is 25.1 Å². The molecule has 1 atom stereocenters. The van der Waals surface area contributed by atoms with Crippen LogP contribution in [0.2, 0.25) is 0 Å². The predicted molar refractivity (Wildman–Crippen MR) is 58.7 cm³/mol. The Balaban J connectivity index is 2.13. The maximum Gasteiger partial charge on any atom is 0.0925 e. The van der Waals surface area contributed by atoms with Gasteiger partial charge < -0.3 is 15.0 Å². The minimum absolute atomic E-state index is 0.106. The van der Waals surface area contributed by atoms with Crippen LogP contribution in [0.15, 0.2) is 6.33 Å². The zero-order valence-electron chi connectivity index (χ0n) is 9.63. The molecule has 0 saturated heterocycles. The van der Waals surface area contributed by atoms with Gasteiger partial charge in [-0.05, 0) is 20.3 Å². The number of rotatable bonds is 3. The van der Waals surface area contributed by atoms with Gasteiger partial charge >= 0.3 is 0 Å².